The van der Waals surface area contributed by atoms with Crippen LogP contribution in [0.2, 0.25) is 10.0 Å². The Balaban J connectivity index is 1.45. The van der Waals surface area contributed by atoms with E-state index >= 15 is 0 Å². The molecule has 0 aliphatic carbocycles. The summed E-state index contributed by atoms with van der Waals surface area (Å²) in [4.78, 5) is 22.8. The first kappa shape index (κ1) is 23.6. The van der Waals surface area contributed by atoms with Crippen LogP contribution in [0.1, 0.15) is 25.7 Å². The lowest BCUT2D eigenvalue weighted by molar-refractivity contribution is -0.131. The van der Waals surface area contributed by atoms with Gasteiger partial charge in [0.1, 0.15) is 18.2 Å². The Morgan fingerprint density at radius 1 is 1.20 bits per heavy atom. The number of rotatable bonds is 6. The van der Waals surface area contributed by atoms with Gasteiger partial charge in [-0.3, -0.25) is 4.79 Å². The highest BCUT2D eigenvalue weighted by Gasteiger charge is 2.43. The van der Waals surface area contributed by atoms with Crippen molar-refractivity contribution in [3.63, 3.8) is 0 Å². The second-order valence-electron chi connectivity index (χ2n) is 8.64. The van der Waals surface area contributed by atoms with Crippen molar-refractivity contribution in [2.24, 2.45) is 0 Å². The van der Waals surface area contributed by atoms with E-state index in [1.54, 1.807) is 19.2 Å². The van der Waals surface area contributed by atoms with Gasteiger partial charge >= 0.3 is 0 Å². The molecule has 0 radical (unpaired) electrons. The summed E-state index contributed by atoms with van der Waals surface area (Å²) >= 11 is 11.9. The average Bonchev–Trinajstić information content (AvgIpc) is 3.13. The van der Waals surface area contributed by atoms with E-state index in [1.165, 1.54) is 24.5 Å². The van der Waals surface area contributed by atoms with Gasteiger partial charge in [-0.25, -0.2) is 14.4 Å². The van der Waals surface area contributed by atoms with Crippen molar-refractivity contribution in [2.75, 3.05) is 12.4 Å². The minimum Gasteiger partial charge on any atom is -0.493 e. The van der Waals surface area contributed by atoms with Crippen LogP contribution in [-0.2, 0) is 4.79 Å². The Morgan fingerprint density at radius 2 is 1.94 bits per heavy atom. The topological polar surface area (TPSA) is 76.6 Å². The number of ether oxygens (including phenoxy) is 2. The summed E-state index contributed by atoms with van der Waals surface area (Å²) in [6.45, 7) is 3.63. The first-order valence-electron chi connectivity index (χ1n) is 11.2. The summed E-state index contributed by atoms with van der Waals surface area (Å²) in [5, 5.41) is 3.56. The van der Waals surface area contributed by atoms with Crippen molar-refractivity contribution in [2.45, 2.75) is 43.9 Å². The zero-order valence-electron chi connectivity index (χ0n) is 18.9. The van der Waals surface area contributed by atoms with Crippen LogP contribution < -0.4 is 14.8 Å². The van der Waals surface area contributed by atoms with Crippen molar-refractivity contribution >= 4 is 51.5 Å². The number of nitrogens with one attached hydrogen (secondary N) is 1. The normalized spacial score (nSPS) is 21.1. The van der Waals surface area contributed by atoms with Crippen molar-refractivity contribution in [1.82, 2.24) is 14.9 Å². The number of halogens is 3. The highest BCUT2D eigenvalue weighted by molar-refractivity contribution is 6.42. The molecule has 3 heterocycles. The molecule has 1 aromatic heterocycles. The lowest BCUT2D eigenvalue weighted by atomic mass is 9.99. The van der Waals surface area contributed by atoms with Crippen LogP contribution in [0.15, 0.2) is 43.2 Å². The van der Waals surface area contributed by atoms with E-state index in [0.717, 1.165) is 25.7 Å². The second kappa shape index (κ2) is 9.51. The second-order valence-corrected chi connectivity index (χ2v) is 9.42. The van der Waals surface area contributed by atoms with Crippen molar-refractivity contribution in [3.8, 4) is 11.5 Å². The third-order valence-electron chi connectivity index (χ3n) is 6.62. The van der Waals surface area contributed by atoms with E-state index in [9.17, 15) is 9.18 Å². The number of nitrogens with zero attached hydrogens (tertiary/aromatic N) is 3. The number of aromatic nitrogens is 2. The molecule has 0 saturated carbocycles. The van der Waals surface area contributed by atoms with E-state index in [4.69, 9.17) is 32.7 Å². The van der Waals surface area contributed by atoms with Gasteiger partial charge in [-0.15, -0.1) is 0 Å². The molecule has 2 aliphatic rings. The monoisotopic (exact) mass is 516 g/mol. The van der Waals surface area contributed by atoms with E-state index in [2.05, 4.69) is 21.9 Å². The number of carbonyl (C=O) groups excluding carboxylic acids is 1. The van der Waals surface area contributed by atoms with Crippen LogP contribution in [0.4, 0.5) is 15.9 Å². The van der Waals surface area contributed by atoms with Gasteiger partial charge in [0.15, 0.2) is 17.3 Å². The first-order chi connectivity index (χ1) is 16.9. The number of piperidine rings is 1. The number of carbonyl (C=O) groups is 1. The van der Waals surface area contributed by atoms with Crippen molar-refractivity contribution in [3.05, 3.63) is 59.1 Å². The molecule has 2 saturated heterocycles. The Hall–Kier alpha value is -3.10. The fourth-order valence-corrected chi connectivity index (χ4v) is 5.34. The van der Waals surface area contributed by atoms with Gasteiger partial charge in [-0.05, 0) is 37.1 Å². The predicted octanol–water partition coefficient (Wildman–Crippen LogP) is 5.91. The van der Waals surface area contributed by atoms with Gasteiger partial charge in [0, 0.05) is 36.4 Å². The molecule has 2 aliphatic heterocycles. The molecule has 35 heavy (non-hydrogen) atoms. The van der Waals surface area contributed by atoms with Crippen LogP contribution in [0.3, 0.4) is 0 Å². The summed E-state index contributed by atoms with van der Waals surface area (Å²) in [5.41, 5.74) is 0.729. The molecule has 182 valence electrons. The number of anilines is 2. The number of methoxy groups -OCH3 is 1. The Morgan fingerprint density at radius 3 is 2.63 bits per heavy atom. The van der Waals surface area contributed by atoms with Gasteiger partial charge in [-0.2, -0.15) is 0 Å². The maximum absolute atomic E-state index is 14.6. The summed E-state index contributed by atoms with van der Waals surface area (Å²) in [5.74, 6) is 0.736. The van der Waals surface area contributed by atoms with E-state index in [0.29, 0.717) is 28.2 Å². The van der Waals surface area contributed by atoms with Crippen LogP contribution in [-0.4, -0.2) is 46.1 Å². The highest BCUT2D eigenvalue weighted by Crippen LogP contribution is 2.41. The first-order valence-corrected chi connectivity index (χ1v) is 12.0. The van der Waals surface area contributed by atoms with Crippen LogP contribution in [0.25, 0.3) is 10.9 Å². The molecular formula is C25H23Cl2FN4O3. The zero-order valence-corrected chi connectivity index (χ0v) is 20.4. The van der Waals surface area contributed by atoms with Crippen molar-refractivity contribution < 1.29 is 18.7 Å². The molecule has 3 atom stereocenters. The predicted molar refractivity (Wildman–Crippen MR) is 133 cm³/mol. The smallest absolute Gasteiger partial charge is 0.246 e. The fourth-order valence-electron chi connectivity index (χ4n) is 5.03. The molecule has 1 N–H and O–H groups in total. The van der Waals surface area contributed by atoms with E-state index in [1.807, 2.05) is 4.90 Å². The van der Waals surface area contributed by atoms with Gasteiger partial charge in [0.2, 0.25) is 5.91 Å². The van der Waals surface area contributed by atoms with Gasteiger partial charge in [-0.1, -0.05) is 29.8 Å². The Kier molecular flexibility index (Phi) is 6.42. The third kappa shape index (κ3) is 4.36. The van der Waals surface area contributed by atoms with Gasteiger partial charge < -0.3 is 19.7 Å². The largest absolute Gasteiger partial charge is 0.493 e. The molecular weight excluding hydrogens is 494 g/mol. The minimum absolute atomic E-state index is 0.0263. The minimum atomic E-state index is -0.674. The zero-order chi connectivity index (χ0) is 24.7. The number of amides is 1. The number of benzene rings is 2. The van der Waals surface area contributed by atoms with Gasteiger partial charge in [0.25, 0.3) is 0 Å². The SMILES string of the molecule is C=CC(=O)N1[C@@H]2CC[C@H]1C[C@@H](Oc1cc3c(Nc4ccc(Cl)c(Cl)c4F)ncnc3cc1OC)C2. The number of fused-ring (bicyclic) bond motifs is 3. The molecule has 3 aromatic rings. The molecule has 2 aromatic carbocycles. The quantitative estimate of drug-likeness (QED) is 0.324. The maximum atomic E-state index is 14.6. The van der Waals surface area contributed by atoms with E-state index in [-0.39, 0.29) is 39.8 Å². The standard InChI is InChI=1S/C25H23Cl2FN4O3/c1-3-22(33)32-13-4-5-14(32)9-15(8-13)35-21-10-16-19(11-20(21)34-2)29-12-30-25(16)31-18-7-6-17(26)23(27)24(18)28/h3,6-7,10-15H,1,4-5,8-9H2,2H3,(H,29,30,31)/t13-,14+,15+. The van der Waals surface area contributed by atoms with Crippen LogP contribution >= 0.6 is 23.2 Å². The molecule has 7 nitrogen and oxygen atoms in total. The molecule has 0 spiro atoms. The van der Waals surface area contributed by atoms with Crippen LogP contribution in [0, 0.1) is 5.82 Å². The average molecular weight is 517 g/mol. The van der Waals surface area contributed by atoms with E-state index < -0.39 is 5.82 Å². The molecule has 10 heteroatoms. The highest BCUT2D eigenvalue weighted by atomic mass is 35.5. The number of hydrogen-bond donors (Lipinski definition) is 1. The molecule has 2 bridgehead atoms. The molecule has 5 rings (SSSR count). The third-order valence-corrected chi connectivity index (χ3v) is 7.40. The van der Waals surface area contributed by atoms with Crippen molar-refractivity contribution in [1.29, 1.82) is 0 Å². The lowest BCUT2D eigenvalue weighted by Crippen LogP contribution is -2.48. The Labute approximate surface area is 211 Å². The molecule has 1 amide bonds. The Bertz CT molecular complexity index is 1310. The summed E-state index contributed by atoms with van der Waals surface area (Å²) < 4.78 is 26.6. The fraction of sp³-hybridized carbons (Fsp3) is 0.320. The molecule has 2 fully saturated rings. The summed E-state index contributed by atoms with van der Waals surface area (Å²) in [7, 11) is 1.56. The number of hydrogen-bond acceptors (Lipinski definition) is 6. The summed E-state index contributed by atoms with van der Waals surface area (Å²) in [6.07, 6.45) is 6.03. The lowest BCUT2D eigenvalue weighted by Gasteiger charge is -2.38. The molecule has 0 unspecified atom stereocenters. The summed E-state index contributed by atoms with van der Waals surface area (Å²) in [6, 6.07) is 6.81. The van der Waals surface area contributed by atoms with Crippen LogP contribution in [0.5, 0.6) is 11.5 Å². The van der Waals surface area contributed by atoms with Gasteiger partial charge in [0.05, 0.1) is 28.4 Å². The maximum Gasteiger partial charge on any atom is 0.246 e.